The number of amides is 1. The zero-order valence-electron chi connectivity index (χ0n) is 10.7. The molecule has 4 nitrogen and oxygen atoms in total. The van der Waals surface area contributed by atoms with E-state index in [0.717, 1.165) is 12.8 Å². The van der Waals surface area contributed by atoms with Gasteiger partial charge in [0.2, 0.25) is 5.91 Å². The lowest BCUT2D eigenvalue weighted by Crippen LogP contribution is -2.43. The molecule has 0 bridgehead atoms. The Balaban J connectivity index is 3.86. The van der Waals surface area contributed by atoms with Crippen LogP contribution in [0.4, 0.5) is 0 Å². The summed E-state index contributed by atoms with van der Waals surface area (Å²) in [6.45, 7) is 6.94. The largest absolute Gasteiger partial charge is 0.396 e. The van der Waals surface area contributed by atoms with Crippen molar-refractivity contribution in [3.63, 3.8) is 0 Å². The summed E-state index contributed by atoms with van der Waals surface area (Å²) in [4.78, 5) is 11.6. The number of rotatable bonds is 8. The van der Waals surface area contributed by atoms with E-state index >= 15 is 0 Å². The smallest absolute Gasteiger partial charge is 0.236 e. The van der Waals surface area contributed by atoms with Crippen LogP contribution < -0.4 is 11.1 Å². The number of aliphatic hydroxyl groups excluding tert-OH is 1. The van der Waals surface area contributed by atoms with E-state index in [0.29, 0.717) is 24.8 Å². The van der Waals surface area contributed by atoms with Crippen LogP contribution in [0.25, 0.3) is 0 Å². The van der Waals surface area contributed by atoms with Gasteiger partial charge in [-0.1, -0.05) is 27.2 Å². The van der Waals surface area contributed by atoms with Crippen LogP contribution in [0.15, 0.2) is 0 Å². The van der Waals surface area contributed by atoms with Gasteiger partial charge in [0.15, 0.2) is 0 Å². The number of hydrogen-bond donors (Lipinski definition) is 3. The maximum absolute atomic E-state index is 11.6. The second-order valence-corrected chi connectivity index (χ2v) is 4.77. The fraction of sp³-hybridized carbons (Fsp3) is 0.917. The van der Waals surface area contributed by atoms with Gasteiger partial charge in [-0.05, 0) is 24.7 Å². The molecule has 0 radical (unpaired) electrons. The quantitative estimate of drug-likeness (QED) is 0.579. The van der Waals surface area contributed by atoms with Gasteiger partial charge in [0.25, 0.3) is 0 Å². The predicted molar refractivity (Wildman–Crippen MR) is 65.9 cm³/mol. The van der Waals surface area contributed by atoms with Crippen LogP contribution in [0.3, 0.4) is 0 Å². The van der Waals surface area contributed by atoms with E-state index in [9.17, 15) is 4.79 Å². The SMILES string of the molecule is CCC(CCO)CNC(=O)C(N)CC(C)C. The molecule has 0 aliphatic heterocycles. The molecule has 0 aliphatic rings. The molecule has 0 rings (SSSR count). The van der Waals surface area contributed by atoms with E-state index in [1.807, 2.05) is 13.8 Å². The highest BCUT2D eigenvalue weighted by Gasteiger charge is 2.15. The van der Waals surface area contributed by atoms with Crippen LogP contribution in [0, 0.1) is 11.8 Å². The number of aliphatic hydroxyl groups is 1. The summed E-state index contributed by atoms with van der Waals surface area (Å²) in [6, 6.07) is -0.411. The van der Waals surface area contributed by atoms with Crippen LogP contribution in [-0.4, -0.2) is 30.2 Å². The second kappa shape index (κ2) is 8.53. The molecule has 4 N–H and O–H groups in total. The van der Waals surface area contributed by atoms with Crippen molar-refractivity contribution in [1.29, 1.82) is 0 Å². The first-order chi connectivity index (χ1) is 7.51. The van der Waals surface area contributed by atoms with Gasteiger partial charge in [0, 0.05) is 13.2 Å². The lowest BCUT2D eigenvalue weighted by molar-refractivity contribution is -0.122. The molecule has 0 saturated carbocycles. The van der Waals surface area contributed by atoms with E-state index in [1.54, 1.807) is 0 Å². The number of nitrogens with two attached hydrogens (primary N) is 1. The fourth-order valence-electron chi connectivity index (χ4n) is 1.62. The minimum Gasteiger partial charge on any atom is -0.396 e. The van der Waals surface area contributed by atoms with Crippen molar-refractivity contribution in [3.05, 3.63) is 0 Å². The van der Waals surface area contributed by atoms with Gasteiger partial charge in [-0.2, -0.15) is 0 Å². The van der Waals surface area contributed by atoms with Gasteiger partial charge in [-0.15, -0.1) is 0 Å². The number of nitrogens with one attached hydrogen (secondary N) is 1. The molecule has 16 heavy (non-hydrogen) atoms. The minimum atomic E-state index is -0.411. The van der Waals surface area contributed by atoms with E-state index in [1.165, 1.54) is 0 Å². The lowest BCUT2D eigenvalue weighted by atomic mass is 10.0. The summed E-state index contributed by atoms with van der Waals surface area (Å²) < 4.78 is 0. The average Bonchev–Trinajstić information content (AvgIpc) is 2.22. The molecule has 2 unspecified atom stereocenters. The summed E-state index contributed by atoms with van der Waals surface area (Å²) in [7, 11) is 0. The fourth-order valence-corrected chi connectivity index (χ4v) is 1.62. The summed E-state index contributed by atoms with van der Waals surface area (Å²) >= 11 is 0. The zero-order valence-corrected chi connectivity index (χ0v) is 10.7. The van der Waals surface area contributed by atoms with Gasteiger partial charge in [0.1, 0.15) is 0 Å². The maximum atomic E-state index is 11.6. The van der Waals surface area contributed by atoms with Crippen LogP contribution >= 0.6 is 0 Å². The van der Waals surface area contributed by atoms with Crippen LogP contribution in [0.5, 0.6) is 0 Å². The van der Waals surface area contributed by atoms with E-state index < -0.39 is 6.04 Å². The van der Waals surface area contributed by atoms with Gasteiger partial charge >= 0.3 is 0 Å². The average molecular weight is 230 g/mol. The standard InChI is InChI=1S/C12H26N2O2/c1-4-10(5-6-15)8-14-12(16)11(13)7-9(2)3/h9-11,15H,4-8,13H2,1-3H3,(H,14,16). The van der Waals surface area contributed by atoms with Crippen molar-refractivity contribution in [3.8, 4) is 0 Å². The van der Waals surface area contributed by atoms with Gasteiger partial charge in [-0.3, -0.25) is 4.79 Å². The molecule has 0 spiro atoms. The summed E-state index contributed by atoms with van der Waals surface area (Å²) in [6.07, 6.45) is 2.40. The molecule has 2 atom stereocenters. The number of hydrogen-bond acceptors (Lipinski definition) is 3. The molecular formula is C12H26N2O2. The molecule has 0 heterocycles. The lowest BCUT2D eigenvalue weighted by Gasteiger charge is -2.18. The zero-order chi connectivity index (χ0) is 12.6. The molecule has 0 aromatic carbocycles. The molecule has 1 amide bonds. The third-order valence-corrected chi connectivity index (χ3v) is 2.74. The molecular weight excluding hydrogens is 204 g/mol. The van der Waals surface area contributed by atoms with E-state index in [2.05, 4.69) is 12.2 Å². The Morgan fingerprint density at radius 1 is 1.44 bits per heavy atom. The molecule has 0 fully saturated rings. The van der Waals surface area contributed by atoms with Gasteiger partial charge < -0.3 is 16.2 Å². The van der Waals surface area contributed by atoms with E-state index in [-0.39, 0.29) is 12.5 Å². The normalized spacial score (nSPS) is 14.9. The first-order valence-electron chi connectivity index (χ1n) is 6.15. The molecule has 0 aliphatic carbocycles. The topological polar surface area (TPSA) is 75.3 Å². The third-order valence-electron chi connectivity index (χ3n) is 2.74. The maximum Gasteiger partial charge on any atom is 0.236 e. The Labute approximate surface area is 98.6 Å². The Morgan fingerprint density at radius 3 is 2.50 bits per heavy atom. The first kappa shape index (κ1) is 15.4. The Kier molecular flexibility index (Phi) is 8.21. The van der Waals surface area contributed by atoms with Crippen LogP contribution in [-0.2, 0) is 4.79 Å². The van der Waals surface area contributed by atoms with E-state index in [4.69, 9.17) is 10.8 Å². The van der Waals surface area contributed by atoms with Crippen molar-refractivity contribution >= 4 is 5.91 Å². The second-order valence-electron chi connectivity index (χ2n) is 4.77. The highest BCUT2D eigenvalue weighted by Crippen LogP contribution is 2.06. The summed E-state index contributed by atoms with van der Waals surface area (Å²) in [5, 5.41) is 11.7. The molecule has 0 aromatic rings. The van der Waals surface area contributed by atoms with Crippen molar-refractivity contribution in [1.82, 2.24) is 5.32 Å². The molecule has 0 saturated heterocycles. The Morgan fingerprint density at radius 2 is 2.06 bits per heavy atom. The monoisotopic (exact) mass is 230 g/mol. The van der Waals surface area contributed by atoms with Crippen LogP contribution in [0.1, 0.15) is 40.0 Å². The molecule has 0 aromatic heterocycles. The van der Waals surface area contributed by atoms with Gasteiger partial charge in [-0.25, -0.2) is 0 Å². The van der Waals surface area contributed by atoms with Crippen molar-refractivity contribution in [2.75, 3.05) is 13.2 Å². The number of carbonyl (C=O) groups is 1. The summed E-state index contributed by atoms with van der Waals surface area (Å²) in [5.41, 5.74) is 5.76. The van der Waals surface area contributed by atoms with Crippen molar-refractivity contribution in [2.24, 2.45) is 17.6 Å². The highest BCUT2D eigenvalue weighted by atomic mass is 16.3. The Bertz CT molecular complexity index is 195. The van der Waals surface area contributed by atoms with Crippen molar-refractivity contribution < 1.29 is 9.90 Å². The minimum absolute atomic E-state index is 0.0786. The predicted octanol–water partition coefficient (Wildman–Crippen LogP) is 0.885. The molecule has 96 valence electrons. The number of carbonyl (C=O) groups excluding carboxylic acids is 1. The first-order valence-corrected chi connectivity index (χ1v) is 6.15. The molecule has 4 heteroatoms. The van der Waals surface area contributed by atoms with Gasteiger partial charge in [0.05, 0.1) is 6.04 Å². The van der Waals surface area contributed by atoms with Crippen molar-refractivity contribution in [2.45, 2.75) is 46.1 Å². The summed E-state index contributed by atoms with van der Waals surface area (Å²) in [5.74, 6) is 0.699. The Hall–Kier alpha value is -0.610. The highest BCUT2D eigenvalue weighted by molar-refractivity contribution is 5.81. The third kappa shape index (κ3) is 6.80. The van der Waals surface area contributed by atoms with Crippen LogP contribution in [0.2, 0.25) is 0 Å².